The molecule has 1 amide bonds. The number of anilines is 2. The van der Waals surface area contributed by atoms with E-state index >= 15 is 0 Å². The van der Waals surface area contributed by atoms with Gasteiger partial charge in [0.2, 0.25) is 0 Å². The second-order valence-corrected chi connectivity index (χ2v) is 10.1. The first-order valence-corrected chi connectivity index (χ1v) is 13.0. The van der Waals surface area contributed by atoms with Crippen molar-refractivity contribution in [2.24, 2.45) is 0 Å². The number of fused-ring (bicyclic) bond motifs is 1. The molecular weight excluding hydrogens is 555 g/mol. The number of carbonyl (C=O) groups is 1. The molecule has 2 saturated heterocycles. The molecule has 16 heteroatoms. The van der Waals surface area contributed by atoms with Gasteiger partial charge in [-0.25, -0.2) is 13.6 Å². The number of rotatable bonds is 6. The van der Waals surface area contributed by atoms with Crippen LogP contribution in [0.5, 0.6) is 6.01 Å². The Bertz CT molecular complexity index is 1340. The second-order valence-electron chi connectivity index (χ2n) is 10.1. The normalized spacial score (nSPS) is 22.8. The molecule has 0 saturated carbocycles. The number of piperazine rings is 1. The van der Waals surface area contributed by atoms with E-state index in [1.807, 2.05) is 4.90 Å². The monoisotopic (exact) mass is 582 g/mol. The zero-order valence-electron chi connectivity index (χ0n) is 21.7. The molecule has 220 valence electrons. The first kappa shape index (κ1) is 28.5. The second kappa shape index (κ2) is 11.5. The largest absolute Gasteiger partial charge is 0.465 e. The Labute approximate surface area is 231 Å². The van der Waals surface area contributed by atoms with Crippen LogP contribution >= 0.6 is 0 Å². The van der Waals surface area contributed by atoms with Gasteiger partial charge < -0.3 is 25.0 Å². The highest BCUT2D eigenvalue weighted by Crippen LogP contribution is 2.40. The van der Waals surface area contributed by atoms with Crippen molar-refractivity contribution in [3.8, 4) is 12.1 Å². The van der Waals surface area contributed by atoms with Crippen molar-refractivity contribution in [1.82, 2.24) is 25.2 Å². The van der Waals surface area contributed by atoms with Crippen LogP contribution in [0.25, 0.3) is 0 Å². The van der Waals surface area contributed by atoms with E-state index in [1.54, 1.807) is 0 Å². The molecule has 2 aromatic rings. The number of hydrogen-bond donors (Lipinski definition) is 2. The number of aromatic nitrogens is 3. The molecular formula is C25H27F5N8O3. The van der Waals surface area contributed by atoms with Gasteiger partial charge in [0, 0.05) is 44.2 Å². The number of hydrogen-bond acceptors (Lipinski definition) is 9. The van der Waals surface area contributed by atoms with E-state index in [-0.39, 0.29) is 57.6 Å². The molecule has 0 aromatic carbocycles. The fourth-order valence-corrected chi connectivity index (χ4v) is 5.55. The van der Waals surface area contributed by atoms with Crippen LogP contribution in [-0.4, -0.2) is 88.6 Å². The third-order valence-corrected chi connectivity index (χ3v) is 7.43. The molecule has 0 bridgehead atoms. The highest BCUT2D eigenvalue weighted by molar-refractivity contribution is 5.66. The van der Waals surface area contributed by atoms with Crippen LogP contribution in [0.2, 0.25) is 0 Å². The molecule has 2 fully saturated rings. The molecule has 3 aliphatic rings. The van der Waals surface area contributed by atoms with Crippen LogP contribution in [0.15, 0.2) is 12.4 Å². The lowest BCUT2D eigenvalue weighted by Crippen LogP contribution is -2.51. The lowest BCUT2D eigenvalue weighted by molar-refractivity contribution is -0.139. The SMILES string of the molecule is N#CC[C@H]1CN(c2nc(OC[C@@H]3C[C@@H](F)CN3C(=O)O)nc3c2CCN(c2cncc(F)c2C(F)(F)F)C3)CCN1. The predicted octanol–water partition coefficient (Wildman–Crippen LogP) is 2.75. The minimum Gasteiger partial charge on any atom is -0.465 e. The number of carboxylic acid groups (broad SMARTS) is 1. The van der Waals surface area contributed by atoms with Crippen molar-refractivity contribution < 1.29 is 36.6 Å². The highest BCUT2D eigenvalue weighted by Gasteiger charge is 2.40. The summed E-state index contributed by atoms with van der Waals surface area (Å²) < 4.78 is 75.2. The van der Waals surface area contributed by atoms with E-state index in [1.165, 1.54) is 4.90 Å². The Morgan fingerprint density at radius 1 is 1.22 bits per heavy atom. The molecule has 3 atom stereocenters. The first-order valence-electron chi connectivity index (χ1n) is 13.0. The van der Waals surface area contributed by atoms with Crippen molar-refractivity contribution in [1.29, 1.82) is 5.26 Å². The maximum Gasteiger partial charge on any atom is 0.421 e. The molecule has 41 heavy (non-hydrogen) atoms. The average Bonchev–Trinajstić information content (AvgIpc) is 3.31. The fourth-order valence-electron chi connectivity index (χ4n) is 5.55. The van der Waals surface area contributed by atoms with Gasteiger partial charge in [0.25, 0.3) is 0 Å². The van der Waals surface area contributed by atoms with Crippen LogP contribution < -0.4 is 19.9 Å². The third-order valence-electron chi connectivity index (χ3n) is 7.43. The van der Waals surface area contributed by atoms with Crippen LogP contribution in [0.4, 0.5) is 38.3 Å². The summed E-state index contributed by atoms with van der Waals surface area (Å²) in [5.41, 5.74) is -0.798. The van der Waals surface area contributed by atoms with Crippen molar-refractivity contribution in [3.63, 3.8) is 0 Å². The Morgan fingerprint density at radius 3 is 2.76 bits per heavy atom. The zero-order valence-corrected chi connectivity index (χ0v) is 21.7. The molecule has 2 N–H and O–H groups in total. The minimum absolute atomic E-state index is 0.0572. The van der Waals surface area contributed by atoms with Crippen molar-refractivity contribution in [2.45, 2.75) is 50.2 Å². The van der Waals surface area contributed by atoms with Gasteiger partial charge in [-0.1, -0.05) is 0 Å². The minimum atomic E-state index is -4.95. The summed E-state index contributed by atoms with van der Waals surface area (Å²) in [6.07, 6.45) is -5.65. The topological polar surface area (TPSA) is 131 Å². The van der Waals surface area contributed by atoms with Crippen molar-refractivity contribution >= 4 is 17.6 Å². The maximum absolute atomic E-state index is 14.3. The van der Waals surface area contributed by atoms with E-state index in [9.17, 15) is 31.9 Å². The summed E-state index contributed by atoms with van der Waals surface area (Å²) in [6, 6.07) is 1.08. The van der Waals surface area contributed by atoms with Gasteiger partial charge in [-0.3, -0.25) is 9.88 Å². The molecule has 2 aromatic heterocycles. The molecule has 5 heterocycles. The standard InChI is InChI=1S/C25H27F5N8O3/c26-14-7-16(38(10-14)24(39)40)13-41-23-34-19-12-36(20-9-32-8-18(27)21(20)25(28,29)30)5-2-17(19)22(35-23)37-6-4-33-15(11-37)1-3-31/h8-9,14-16,33H,1-2,4-7,10-13H2,(H,39,40)/t14-,15+,16+/m1/s1. The number of halogens is 5. The van der Waals surface area contributed by atoms with Crippen molar-refractivity contribution in [3.05, 3.63) is 35.0 Å². The summed E-state index contributed by atoms with van der Waals surface area (Å²) in [4.78, 5) is 28.4. The molecule has 0 spiro atoms. The Hall–Kier alpha value is -4.00. The zero-order chi connectivity index (χ0) is 29.3. The van der Waals surface area contributed by atoms with Gasteiger partial charge in [-0.2, -0.15) is 28.4 Å². The molecule has 0 aliphatic carbocycles. The van der Waals surface area contributed by atoms with Crippen LogP contribution in [0, 0.1) is 17.1 Å². The van der Waals surface area contributed by atoms with Gasteiger partial charge >= 0.3 is 18.3 Å². The van der Waals surface area contributed by atoms with Gasteiger partial charge in [0.05, 0.1) is 55.4 Å². The quantitative estimate of drug-likeness (QED) is 0.491. The summed E-state index contributed by atoms with van der Waals surface area (Å²) in [5.74, 6) is -0.990. The molecule has 0 unspecified atom stereocenters. The Morgan fingerprint density at radius 2 is 2.02 bits per heavy atom. The summed E-state index contributed by atoms with van der Waals surface area (Å²) in [6.45, 7) is 1.01. The van der Waals surface area contributed by atoms with Crippen molar-refractivity contribution in [2.75, 3.05) is 49.1 Å². The van der Waals surface area contributed by atoms with Crippen LogP contribution in [0.3, 0.4) is 0 Å². The van der Waals surface area contributed by atoms with E-state index in [0.29, 0.717) is 42.9 Å². The van der Waals surface area contributed by atoms with Gasteiger partial charge in [-0.15, -0.1) is 0 Å². The van der Waals surface area contributed by atoms with Gasteiger partial charge in [-0.05, 0) is 6.42 Å². The third kappa shape index (κ3) is 6.04. The fraction of sp³-hybridized carbons (Fsp3) is 0.560. The number of nitriles is 1. The smallest absolute Gasteiger partial charge is 0.421 e. The van der Waals surface area contributed by atoms with Gasteiger partial charge in [0.15, 0.2) is 5.82 Å². The van der Waals surface area contributed by atoms with E-state index in [2.05, 4.69) is 26.3 Å². The van der Waals surface area contributed by atoms with Crippen LogP contribution in [-0.2, 0) is 19.1 Å². The van der Waals surface area contributed by atoms with Gasteiger partial charge in [0.1, 0.15) is 24.2 Å². The number of nitrogens with zero attached hydrogens (tertiary/aromatic N) is 7. The number of likely N-dealkylation sites (tertiary alicyclic amines) is 1. The summed E-state index contributed by atoms with van der Waals surface area (Å²) in [5, 5.41) is 21.8. The number of amides is 1. The molecule has 11 nitrogen and oxygen atoms in total. The summed E-state index contributed by atoms with van der Waals surface area (Å²) in [7, 11) is 0. The highest BCUT2D eigenvalue weighted by atomic mass is 19.4. The maximum atomic E-state index is 14.3. The number of pyridine rings is 1. The number of nitrogens with one attached hydrogen (secondary N) is 1. The Balaban J connectivity index is 1.47. The summed E-state index contributed by atoms with van der Waals surface area (Å²) >= 11 is 0. The molecule has 0 radical (unpaired) electrons. The lowest BCUT2D eigenvalue weighted by Gasteiger charge is -2.37. The van der Waals surface area contributed by atoms with Crippen LogP contribution in [0.1, 0.15) is 29.7 Å². The lowest BCUT2D eigenvalue weighted by atomic mass is 10.0. The van der Waals surface area contributed by atoms with E-state index < -0.39 is 41.6 Å². The Kier molecular flexibility index (Phi) is 7.98. The average molecular weight is 583 g/mol. The molecule has 3 aliphatic heterocycles. The van der Waals surface area contributed by atoms with E-state index in [0.717, 1.165) is 11.1 Å². The number of ether oxygens (including phenoxy) is 1. The first-order chi connectivity index (χ1) is 19.5. The van der Waals surface area contributed by atoms with E-state index in [4.69, 9.17) is 10.00 Å². The predicted molar refractivity (Wildman–Crippen MR) is 134 cm³/mol. The number of alkyl halides is 4. The molecule has 5 rings (SSSR count).